The third kappa shape index (κ3) is 4.60. The van der Waals surface area contributed by atoms with Gasteiger partial charge in [-0.15, -0.1) is 0 Å². The van der Waals surface area contributed by atoms with E-state index in [0.717, 1.165) is 31.1 Å². The Hall–Kier alpha value is -0.900. The van der Waals surface area contributed by atoms with Crippen LogP contribution < -0.4 is 0 Å². The molecule has 1 heterocycles. The monoisotopic (exact) mass is 262 g/mol. The Labute approximate surface area is 116 Å². The summed E-state index contributed by atoms with van der Waals surface area (Å²) < 4.78 is 0. The zero-order valence-corrected chi connectivity index (χ0v) is 12.2. The van der Waals surface area contributed by atoms with Gasteiger partial charge in [0.05, 0.1) is 6.61 Å². The predicted octanol–water partition coefficient (Wildman–Crippen LogP) is 1.95. The summed E-state index contributed by atoms with van der Waals surface area (Å²) in [6, 6.07) is 8.30. The molecule has 0 atom stereocenters. The molecule has 0 spiro atoms. The van der Waals surface area contributed by atoms with Crippen molar-refractivity contribution in [3.05, 3.63) is 35.4 Å². The van der Waals surface area contributed by atoms with Gasteiger partial charge in [0.1, 0.15) is 0 Å². The van der Waals surface area contributed by atoms with E-state index in [1.807, 2.05) is 12.1 Å². The van der Waals surface area contributed by atoms with Crippen molar-refractivity contribution in [2.24, 2.45) is 5.92 Å². The van der Waals surface area contributed by atoms with Gasteiger partial charge in [0.2, 0.25) is 0 Å². The average molecular weight is 262 g/mol. The van der Waals surface area contributed by atoms with E-state index in [0.29, 0.717) is 0 Å². The van der Waals surface area contributed by atoms with Crippen LogP contribution in [0.1, 0.15) is 25.0 Å². The molecule has 1 aliphatic heterocycles. The van der Waals surface area contributed by atoms with E-state index in [-0.39, 0.29) is 6.61 Å². The zero-order chi connectivity index (χ0) is 13.7. The third-order valence-corrected chi connectivity index (χ3v) is 3.70. The summed E-state index contributed by atoms with van der Waals surface area (Å²) in [5.41, 5.74) is 2.33. The molecule has 0 amide bonds. The molecule has 3 nitrogen and oxygen atoms in total. The second-order valence-electron chi connectivity index (χ2n) is 5.95. The first-order valence-corrected chi connectivity index (χ1v) is 7.31. The minimum Gasteiger partial charge on any atom is -0.392 e. The lowest BCUT2D eigenvalue weighted by Gasteiger charge is -2.35. The van der Waals surface area contributed by atoms with Crippen LogP contribution in [0.4, 0.5) is 0 Å². The van der Waals surface area contributed by atoms with Gasteiger partial charge in [-0.05, 0) is 17.0 Å². The van der Waals surface area contributed by atoms with Gasteiger partial charge in [-0.25, -0.2) is 0 Å². The highest BCUT2D eigenvalue weighted by Gasteiger charge is 2.17. The Morgan fingerprint density at radius 1 is 0.947 bits per heavy atom. The van der Waals surface area contributed by atoms with E-state index in [9.17, 15) is 0 Å². The van der Waals surface area contributed by atoms with Crippen LogP contribution in [0.5, 0.6) is 0 Å². The Morgan fingerprint density at radius 2 is 1.47 bits per heavy atom. The van der Waals surface area contributed by atoms with Gasteiger partial charge in [-0.3, -0.25) is 4.90 Å². The van der Waals surface area contributed by atoms with Crippen molar-refractivity contribution in [1.29, 1.82) is 0 Å². The molecule has 3 heteroatoms. The highest BCUT2D eigenvalue weighted by molar-refractivity contribution is 5.21. The van der Waals surface area contributed by atoms with E-state index in [2.05, 4.69) is 35.8 Å². The number of rotatable bonds is 5. The van der Waals surface area contributed by atoms with Crippen LogP contribution in [0, 0.1) is 5.92 Å². The number of aliphatic hydroxyl groups excluding tert-OH is 1. The first-order chi connectivity index (χ1) is 9.17. The molecule has 2 rings (SSSR count). The van der Waals surface area contributed by atoms with E-state index in [1.54, 1.807) is 0 Å². The van der Waals surface area contributed by atoms with Crippen LogP contribution in [0.2, 0.25) is 0 Å². The number of hydrogen-bond acceptors (Lipinski definition) is 3. The molecule has 0 bridgehead atoms. The third-order valence-electron chi connectivity index (χ3n) is 3.70. The Kier molecular flexibility index (Phi) is 5.37. The fourth-order valence-corrected chi connectivity index (χ4v) is 2.65. The fourth-order valence-electron chi connectivity index (χ4n) is 2.65. The molecule has 1 fully saturated rings. The molecule has 1 saturated heterocycles. The van der Waals surface area contributed by atoms with Gasteiger partial charge in [-0.2, -0.15) is 0 Å². The summed E-state index contributed by atoms with van der Waals surface area (Å²) >= 11 is 0. The summed E-state index contributed by atoms with van der Waals surface area (Å²) in [5.74, 6) is 0.762. The molecular formula is C16H26N2O. The van der Waals surface area contributed by atoms with E-state index in [4.69, 9.17) is 5.11 Å². The number of nitrogens with zero attached hydrogens (tertiary/aromatic N) is 2. The van der Waals surface area contributed by atoms with Crippen molar-refractivity contribution in [3.8, 4) is 0 Å². The lowest BCUT2D eigenvalue weighted by molar-refractivity contribution is 0.117. The van der Waals surface area contributed by atoms with Gasteiger partial charge in [0, 0.05) is 39.3 Å². The van der Waals surface area contributed by atoms with Crippen LogP contribution in [0.3, 0.4) is 0 Å². The lowest BCUT2D eigenvalue weighted by atomic mass is 10.1. The molecule has 0 unspecified atom stereocenters. The van der Waals surface area contributed by atoms with Crippen molar-refractivity contribution >= 4 is 0 Å². The summed E-state index contributed by atoms with van der Waals surface area (Å²) in [6.45, 7) is 11.7. The second-order valence-corrected chi connectivity index (χ2v) is 5.95. The van der Waals surface area contributed by atoms with Crippen LogP contribution in [-0.2, 0) is 13.2 Å². The molecule has 1 aromatic rings. The first kappa shape index (κ1) is 14.5. The van der Waals surface area contributed by atoms with E-state index in [1.165, 1.54) is 25.2 Å². The molecule has 1 N–H and O–H groups in total. The van der Waals surface area contributed by atoms with Crippen molar-refractivity contribution in [1.82, 2.24) is 9.80 Å². The minimum absolute atomic E-state index is 0.133. The first-order valence-electron chi connectivity index (χ1n) is 7.31. The standard InChI is InChI=1S/C16H26N2O/c1-14(2)11-17-7-9-18(10-8-17)12-15-3-5-16(13-19)6-4-15/h3-6,14,19H,7-13H2,1-2H3. The summed E-state index contributed by atoms with van der Waals surface area (Å²) in [6.07, 6.45) is 0. The lowest BCUT2D eigenvalue weighted by Crippen LogP contribution is -2.46. The van der Waals surface area contributed by atoms with Gasteiger partial charge in [0.15, 0.2) is 0 Å². The molecule has 1 aliphatic rings. The van der Waals surface area contributed by atoms with Gasteiger partial charge < -0.3 is 10.0 Å². The maximum Gasteiger partial charge on any atom is 0.0681 e. The molecule has 19 heavy (non-hydrogen) atoms. The van der Waals surface area contributed by atoms with Crippen LogP contribution in [-0.4, -0.2) is 47.6 Å². The van der Waals surface area contributed by atoms with Crippen molar-refractivity contribution in [2.75, 3.05) is 32.7 Å². The summed E-state index contributed by atoms with van der Waals surface area (Å²) in [4.78, 5) is 5.08. The maximum absolute atomic E-state index is 9.04. The van der Waals surface area contributed by atoms with E-state index >= 15 is 0 Å². The number of benzene rings is 1. The molecule has 0 aliphatic carbocycles. The van der Waals surface area contributed by atoms with Gasteiger partial charge in [-0.1, -0.05) is 38.1 Å². The molecule has 0 saturated carbocycles. The Bertz CT molecular complexity index is 367. The van der Waals surface area contributed by atoms with Crippen LogP contribution >= 0.6 is 0 Å². The van der Waals surface area contributed by atoms with Crippen LogP contribution in [0.15, 0.2) is 24.3 Å². The largest absolute Gasteiger partial charge is 0.392 e. The maximum atomic E-state index is 9.04. The quantitative estimate of drug-likeness (QED) is 0.878. The molecular weight excluding hydrogens is 236 g/mol. The topological polar surface area (TPSA) is 26.7 Å². The summed E-state index contributed by atoms with van der Waals surface area (Å²) in [7, 11) is 0. The van der Waals surface area contributed by atoms with Gasteiger partial charge in [0.25, 0.3) is 0 Å². The van der Waals surface area contributed by atoms with E-state index < -0.39 is 0 Å². The number of hydrogen-bond donors (Lipinski definition) is 1. The minimum atomic E-state index is 0.133. The molecule has 1 aromatic carbocycles. The molecule has 0 aromatic heterocycles. The highest BCUT2D eigenvalue weighted by atomic mass is 16.3. The number of piperazine rings is 1. The van der Waals surface area contributed by atoms with Gasteiger partial charge >= 0.3 is 0 Å². The van der Waals surface area contributed by atoms with Crippen molar-refractivity contribution < 1.29 is 5.11 Å². The normalized spacial score (nSPS) is 18.1. The van der Waals surface area contributed by atoms with Crippen molar-refractivity contribution in [2.45, 2.75) is 27.0 Å². The highest BCUT2D eigenvalue weighted by Crippen LogP contribution is 2.11. The average Bonchev–Trinajstić information content (AvgIpc) is 2.41. The Morgan fingerprint density at radius 3 is 2.00 bits per heavy atom. The Balaban J connectivity index is 1.78. The second kappa shape index (κ2) is 7.04. The predicted molar refractivity (Wildman–Crippen MR) is 78.9 cm³/mol. The molecule has 0 radical (unpaired) electrons. The van der Waals surface area contributed by atoms with Crippen molar-refractivity contribution in [3.63, 3.8) is 0 Å². The van der Waals surface area contributed by atoms with Crippen LogP contribution in [0.25, 0.3) is 0 Å². The summed E-state index contributed by atoms with van der Waals surface area (Å²) in [5, 5.41) is 9.04. The smallest absolute Gasteiger partial charge is 0.0681 e. The molecule has 106 valence electrons. The zero-order valence-electron chi connectivity index (χ0n) is 12.2. The number of aliphatic hydroxyl groups is 1. The fraction of sp³-hybridized carbons (Fsp3) is 0.625. The SMILES string of the molecule is CC(C)CN1CCN(Cc2ccc(CO)cc2)CC1.